The van der Waals surface area contributed by atoms with E-state index in [2.05, 4.69) is 405 Å². The molecule has 0 unspecified atom stereocenters. The fourth-order valence-electron chi connectivity index (χ4n) is 21.7. The minimum atomic E-state index is 0.607. The van der Waals surface area contributed by atoms with Crippen LogP contribution in [0.2, 0.25) is 0 Å². The van der Waals surface area contributed by atoms with Gasteiger partial charge >= 0.3 is 0 Å². The number of fused-ring (bicyclic) bond motifs is 21. The van der Waals surface area contributed by atoms with Crippen molar-refractivity contribution in [3.8, 4) is 136 Å². The quantitative estimate of drug-likeness (QED) is 0.0973. The third kappa shape index (κ3) is 15.4. The molecule has 14 nitrogen and oxygen atoms in total. The van der Waals surface area contributed by atoms with Crippen molar-refractivity contribution in [2.75, 3.05) is 0 Å². The van der Waals surface area contributed by atoms with Crippen LogP contribution in [0.3, 0.4) is 0 Å². The van der Waals surface area contributed by atoms with Gasteiger partial charge in [-0.3, -0.25) is 4.57 Å². The number of hydrogen-bond donors (Lipinski definition) is 0. The van der Waals surface area contributed by atoms with Crippen LogP contribution in [-0.4, -0.2) is 58.1 Å². The molecule has 21 aromatic carbocycles. The lowest BCUT2D eigenvalue weighted by Crippen LogP contribution is -2.03. The second kappa shape index (κ2) is 36.8. The van der Waals surface area contributed by atoms with Gasteiger partial charge in [0.25, 0.3) is 0 Å². The van der Waals surface area contributed by atoms with E-state index < -0.39 is 0 Å². The van der Waals surface area contributed by atoms with Crippen molar-refractivity contribution in [3.63, 3.8) is 0 Å². The summed E-state index contributed by atoms with van der Waals surface area (Å²) < 4.78 is 18.3. The highest BCUT2D eigenvalue weighted by atomic mass is 32.1. The predicted molar refractivity (Wildman–Crippen MR) is 617 cm³/mol. The number of hydrogen-bond acceptors (Lipinski definition) is 10. The van der Waals surface area contributed by atoms with Gasteiger partial charge in [-0.25, -0.2) is 44.7 Å². The van der Waals surface area contributed by atoms with Crippen LogP contribution in [0.4, 0.5) is 5.69 Å². The van der Waals surface area contributed by atoms with E-state index in [1.165, 1.54) is 58.1 Å². The van der Waals surface area contributed by atoms with Crippen LogP contribution < -0.4 is 0 Å². The molecule has 0 amide bonds. The first-order chi connectivity index (χ1) is 74.3. The Labute approximate surface area is 864 Å². The molecular formula is C135H83N13OS. The van der Waals surface area contributed by atoms with Crippen molar-refractivity contribution in [2.45, 2.75) is 0 Å². The topological polar surface area (TPSA) is 140 Å². The van der Waals surface area contributed by atoms with Crippen LogP contribution in [0, 0.1) is 6.57 Å². The molecule has 0 atom stereocenters. The van der Waals surface area contributed by atoms with E-state index in [0.717, 1.165) is 177 Å². The van der Waals surface area contributed by atoms with Crippen molar-refractivity contribution in [1.82, 2.24) is 58.1 Å². The Morgan fingerprint density at radius 2 is 0.560 bits per heavy atom. The number of benzene rings is 21. The van der Waals surface area contributed by atoms with E-state index >= 15 is 0 Å². The van der Waals surface area contributed by atoms with Gasteiger partial charge in [0.15, 0.2) is 46.2 Å². The minimum absolute atomic E-state index is 0.607. The Balaban J connectivity index is 0.000000108. The Kier molecular flexibility index (Phi) is 21.5. The Hall–Kier alpha value is -20.3. The zero-order valence-electron chi connectivity index (χ0n) is 80.6. The molecule has 0 bridgehead atoms. The summed E-state index contributed by atoms with van der Waals surface area (Å²) in [5, 5.41) is 15.3. The highest BCUT2D eigenvalue weighted by molar-refractivity contribution is 7.26. The standard InChI is InChI=1S/C45H27N5.C45H28N4O.C45H28N4S/c1-46-32-14-11-15-33(28-32)49-40-20-9-6-16-34(40)37-26-30(22-24-42(37)49)31-23-25-43-38(27-31)35-17-7-10-21-41(35)50(43)45-47-39-19-8-5-18-36(39)44(48-45)29-12-3-2-4-13-29;2*1-3-13-29(14-4-1)31-17-11-18-32(27-31)44-46-43(30-15-5-2-6-16-30)47-45(48-44)33-19-12-20-34(28-33)49-39-23-9-7-21-35(39)37-25-26-38-36-22-8-10-24-40(36)50-42(38)41(37)49/h2-28H;2*1-28H. The maximum absolute atomic E-state index is 7.56. The average Bonchev–Trinajstić information content (AvgIpc) is 1.56. The summed E-state index contributed by atoms with van der Waals surface area (Å²) >= 11 is 1.86. The van der Waals surface area contributed by atoms with Crippen molar-refractivity contribution < 1.29 is 4.42 Å². The molecule has 15 heteroatoms. The van der Waals surface area contributed by atoms with Crippen LogP contribution in [0.15, 0.2) is 508 Å². The second-order valence-corrected chi connectivity index (χ2v) is 38.5. The molecule has 30 aromatic rings. The fourth-order valence-corrected chi connectivity index (χ4v) is 22.9. The first kappa shape index (κ1) is 87.5. The lowest BCUT2D eigenvalue weighted by atomic mass is 10.0. The van der Waals surface area contributed by atoms with Crippen molar-refractivity contribution in [1.29, 1.82) is 0 Å². The molecule has 0 aliphatic carbocycles. The first-order valence-electron chi connectivity index (χ1n) is 50.0. The third-order valence-electron chi connectivity index (χ3n) is 28.6. The van der Waals surface area contributed by atoms with Crippen molar-refractivity contribution in [2.24, 2.45) is 0 Å². The molecule has 700 valence electrons. The third-order valence-corrected chi connectivity index (χ3v) is 29.8. The van der Waals surface area contributed by atoms with Gasteiger partial charge in [0.2, 0.25) is 5.95 Å². The highest BCUT2D eigenvalue weighted by Crippen LogP contribution is 2.48. The van der Waals surface area contributed by atoms with Crippen LogP contribution in [0.1, 0.15) is 0 Å². The van der Waals surface area contributed by atoms with E-state index in [1.807, 2.05) is 133 Å². The molecule has 0 aliphatic heterocycles. The lowest BCUT2D eigenvalue weighted by molar-refractivity contribution is 0.671. The maximum atomic E-state index is 7.56. The number of thiophene rings is 1. The van der Waals surface area contributed by atoms with Crippen LogP contribution >= 0.6 is 11.3 Å². The molecule has 150 heavy (non-hydrogen) atoms. The van der Waals surface area contributed by atoms with E-state index in [9.17, 15) is 0 Å². The second-order valence-electron chi connectivity index (χ2n) is 37.5. The van der Waals surface area contributed by atoms with Gasteiger partial charge in [0.1, 0.15) is 5.58 Å². The summed E-state index contributed by atoms with van der Waals surface area (Å²) in [5.41, 5.74) is 29.6. The largest absolute Gasteiger partial charge is 0.454 e. The van der Waals surface area contributed by atoms with Crippen LogP contribution in [0.5, 0.6) is 0 Å². The molecule has 0 radical (unpaired) electrons. The van der Waals surface area contributed by atoms with Gasteiger partial charge in [-0.2, -0.15) is 0 Å². The summed E-state index contributed by atoms with van der Waals surface area (Å²) in [6.45, 7) is 7.56. The molecule has 0 N–H and O–H groups in total. The monoisotopic (exact) mass is 1930 g/mol. The Bertz CT molecular complexity index is 10300. The molecule has 0 saturated carbocycles. The smallest absolute Gasteiger partial charge is 0.235 e. The number of rotatable bonds is 14. The summed E-state index contributed by atoms with van der Waals surface area (Å²) in [7, 11) is 0. The number of aromatic nitrogens is 12. The fraction of sp³-hybridized carbons (Fsp3) is 0. The van der Waals surface area contributed by atoms with E-state index in [4.69, 9.17) is 50.9 Å². The molecule has 0 aliphatic rings. The molecule has 0 spiro atoms. The molecule has 0 fully saturated rings. The normalized spacial score (nSPS) is 11.6. The molecule has 0 saturated heterocycles. The van der Waals surface area contributed by atoms with E-state index in [0.29, 0.717) is 46.6 Å². The summed E-state index contributed by atoms with van der Waals surface area (Å²) in [5.74, 6) is 4.42. The lowest BCUT2D eigenvalue weighted by Gasteiger charge is -2.12. The average molecular weight is 1940 g/mol. The predicted octanol–water partition coefficient (Wildman–Crippen LogP) is 35.2. The molecule has 30 rings (SSSR count). The zero-order valence-corrected chi connectivity index (χ0v) is 81.4. The van der Waals surface area contributed by atoms with E-state index in [1.54, 1.807) is 0 Å². The van der Waals surface area contributed by atoms with Gasteiger partial charge < -0.3 is 18.1 Å². The van der Waals surface area contributed by atoms with Crippen molar-refractivity contribution in [3.05, 3.63) is 515 Å². The first-order valence-corrected chi connectivity index (χ1v) is 50.8. The van der Waals surface area contributed by atoms with Crippen LogP contribution in [0.25, 0.3) is 281 Å². The summed E-state index contributed by atoms with van der Waals surface area (Å²) in [6.07, 6.45) is 0. The van der Waals surface area contributed by atoms with Gasteiger partial charge in [0.05, 0.1) is 66.6 Å². The van der Waals surface area contributed by atoms with Gasteiger partial charge in [-0.1, -0.05) is 382 Å². The Morgan fingerprint density at radius 1 is 0.207 bits per heavy atom. The number of furan rings is 1. The van der Waals surface area contributed by atoms with Gasteiger partial charge in [0, 0.05) is 131 Å². The summed E-state index contributed by atoms with van der Waals surface area (Å²) in [4.78, 5) is 44.4. The van der Waals surface area contributed by atoms with Gasteiger partial charge in [-0.15, -0.1) is 11.3 Å². The summed E-state index contributed by atoms with van der Waals surface area (Å²) in [6, 6.07) is 175. The van der Waals surface area contributed by atoms with E-state index in [-0.39, 0.29) is 0 Å². The van der Waals surface area contributed by atoms with Crippen LogP contribution in [-0.2, 0) is 0 Å². The molecule has 9 aromatic heterocycles. The Morgan fingerprint density at radius 3 is 1.09 bits per heavy atom. The molecule has 9 heterocycles. The highest BCUT2D eigenvalue weighted by Gasteiger charge is 2.27. The van der Waals surface area contributed by atoms with Crippen molar-refractivity contribution >= 4 is 157 Å². The molecular weight excluding hydrogens is 1850 g/mol. The zero-order chi connectivity index (χ0) is 99.2. The minimum Gasteiger partial charge on any atom is -0.454 e. The number of para-hydroxylation sites is 6. The van der Waals surface area contributed by atoms with Gasteiger partial charge in [-0.05, 0) is 155 Å². The number of nitrogens with zero attached hydrogens (tertiary/aromatic N) is 13. The maximum Gasteiger partial charge on any atom is 0.235 e. The SMILES string of the molecule is [C-]#[N+]c1cccc(-n2c3ccccc3c3cc(-c4ccc5c(c4)c4ccccc4n5-c4nc(-c5ccccc5)c5ccccc5n4)ccc32)c1.c1ccc(-c2cccc(-c3nc(-c4ccccc4)nc(-c4cccc(-n5c6ccccc6c6ccc7c8ccccc8oc7c65)c4)n3)c2)cc1.c1ccc(-c2cccc(-c3nc(-c4ccccc4)nc(-c4cccc(-n5c6ccccc6c6ccc7c8ccccc8sc7c65)c4)n3)c2)cc1.